The van der Waals surface area contributed by atoms with E-state index in [2.05, 4.69) is 70.0 Å². The molecule has 2 aliphatic rings. The van der Waals surface area contributed by atoms with E-state index in [1.807, 2.05) is 5.38 Å². The molecule has 1 aromatic heterocycles. The normalized spacial score (nSPS) is 27.4. The zero-order valence-corrected chi connectivity index (χ0v) is 22.7. The third-order valence-electron chi connectivity index (χ3n) is 8.62. The molecule has 0 bridgehead atoms. The third kappa shape index (κ3) is 4.83. The first-order valence-electron chi connectivity index (χ1n) is 13.2. The van der Waals surface area contributed by atoms with Crippen molar-refractivity contribution in [2.24, 2.45) is 23.0 Å². The van der Waals surface area contributed by atoms with Crippen molar-refractivity contribution < 1.29 is 4.79 Å². The molecule has 1 fully saturated rings. The molecule has 0 spiro atoms. The number of nitrogens with one attached hydrogen (secondary N) is 1. The number of aryl methyl sites for hydroxylation is 1. The molecule has 0 radical (unpaired) electrons. The van der Waals surface area contributed by atoms with Crippen LogP contribution >= 0.6 is 11.3 Å². The number of carbonyl (C=O) groups excluding carboxylic acids is 1. The van der Waals surface area contributed by atoms with Crippen LogP contribution in [0.4, 0.5) is 0 Å². The topological polar surface area (TPSA) is 68.0 Å². The summed E-state index contributed by atoms with van der Waals surface area (Å²) in [6.45, 7) is 14.5. The van der Waals surface area contributed by atoms with E-state index in [1.165, 1.54) is 36.2 Å². The number of benzene rings is 1. The Morgan fingerprint density at radius 3 is 2.71 bits per heavy atom. The Hall–Kier alpha value is -1.72. The first-order chi connectivity index (χ1) is 16.0. The number of nitrogens with zero attached hydrogens (tertiary/aromatic N) is 1. The van der Waals surface area contributed by atoms with Gasteiger partial charge in [-0.3, -0.25) is 4.79 Å². The molecule has 1 amide bonds. The smallest absolute Gasteiger partial charge is 0.270 e. The maximum Gasteiger partial charge on any atom is 0.270 e. The van der Waals surface area contributed by atoms with E-state index in [0.29, 0.717) is 30.0 Å². The molecule has 3 N–H and O–H groups in total. The van der Waals surface area contributed by atoms with Gasteiger partial charge in [0.2, 0.25) is 0 Å². The fourth-order valence-corrected chi connectivity index (χ4v) is 7.57. The van der Waals surface area contributed by atoms with Crippen LogP contribution in [0.2, 0.25) is 0 Å². The number of nitrogens with two attached hydrogens (primary N) is 1. The summed E-state index contributed by atoms with van der Waals surface area (Å²) in [4.78, 5) is 17.6. The molecule has 186 valence electrons. The second-order valence-corrected chi connectivity index (χ2v) is 13.0. The van der Waals surface area contributed by atoms with E-state index in [0.717, 1.165) is 24.3 Å². The molecule has 5 heteroatoms. The molecular formula is C29H43N3OS. The van der Waals surface area contributed by atoms with Crippen LogP contribution in [0.5, 0.6) is 0 Å². The van der Waals surface area contributed by atoms with Gasteiger partial charge in [0.15, 0.2) is 0 Å². The Balaban J connectivity index is 1.48. The summed E-state index contributed by atoms with van der Waals surface area (Å²) in [5, 5.41) is 5.99. The van der Waals surface area contributed by atoms with Gasteiger partial charge >= 0.3 is 0 Å². The number of carbonyl (C=O) groups is 1. The number of amides is 1. The highest BCUT2D eigenvalue weighted by molar-refractivity contribution is 7.09. The standard InChI is InChI=1S/C29H43N3OS/c1-18(2)14-23(30)27-32-24(16-34-27)26(33)31-17-28(5)12-7-13-29(6)22-10-8-20(19(3)4)15-21(22)9-11-25(28)29/h8,10,15-16,18-19,23,25H,7,9,11-14,17,30H2,1-6H3,(H,31,33). The van der Waals surface area contributed by atoms with E-state index in [-0.39, 0.29) is 22.8 Å². The summed E-state index contributed by atoms with van der Waals surface area (Å²) in [6, 6.07) is 7.12. The van der Waals surface area contributed by atoms with Gasteiger partial charge in [-0.05, 0) is 77.4 Å². The minimum absolute atomic E-state index is 0.0643. The number of fused-ring (bicyclic) bond motifs is 3. The molecule has 1 aromatic carbocycles. The predicted octanol–water partition coefficient (Wildman–Crippen LogP) is 6.75. The maximum atomic E-state index is 13.0. The zero-order chi connectivity index (χ0) is 24.7. The van der Waals surface area contributed by atoms with Crippen LogP contribution in [0.25, 0.3) is 0 Å². The molecular weight excluding hydrogens is 438 g/mol. The van der Waals surface area contributed by atoms with Gasteiger partial charge < -0.3 is 11.1 Å². The van der Waals surface area contributed by atoms with Crippen LogP contribution in [0.15, 0.2) is 23.6 Å². The van der Waals surface area contributed by atoms with Crippen LogP contribution < -0.4 is 11.1 Å². The summed E-state index contributed by atoms with van der Waals surface area (Å²) < 4.78 is 0. The van der Waals surface area contributed by atoms with Crippen LogP contribution in [0.1, 0.15) is 118 Å². The second-order valence-electron chi connectivity index (χ2n) is 12.1. The predicted molar refractivity (Wildman–Crippen MR) is 142 cm³/mol. The zero-order valence-electron chi connectivity index (χ0n) is 21.9. The Morgan fingerprint density at radius 2 is 2.00 bits per heavy atom. The van der Waals surface area contributed by atoms with Gasteiger partial charge in [0.1, 0.15) is 10.7 Å². The first-order valence-corrected chi connectivity index (χ1v) is 14.0. The first kappa shape index (κ1) is 25.4. The molecule has 0 saturated heterocycles. The van der Waals surface area contributed by atoms with Crippen molar-refractivity contribution in [3.8, 4) is 0 Å². The summed E-state index contributed by atoms with van der Waals surface area (Å²) >= 11 is 1.50. The molecule has 1 heterocycles. The number of hydrogen-bond acceptors (Lipinski definition) is 4. The fourth-order valence-electron chi connectivity index (χ4n) is 6.76. The lowest BCUT2D eigenvalue weighted by molar-refractivity contribution is 0.0254. The molecule has 4 nitrogen and oxygen atoms in total. The lowest BCUT2D eigenvalue weighted by atomic mass is 9.49. The van der Waals surface area contributed by atoms with Gasteiger partial charge in [-0.2, -0.15) is 0 Å². The van der Waals surface area contributed by atoms with Crippen LogP contribution in [0.3, 0.4) is 0 Å². The van der Waals surface area contributed by atoms with Crippen molar-refractivity contribution in [2.45, 2.75) is 97.4 Å². The lowest BCUT2D eigenvalue weighted by Crippen LogP contribution is -2.53. The molecule has 2 aromatic rings. The van der Waals surface area contributed by atoms with Crippen LogP contribution in [-0.2, 0) is 11.8 Å². The van der Waals surface area contributed by atoms with Gasteiger partial charge in [-0.15, -0.1) is 11.3 Å². The van der Waals surface area contributed by atoms with E-state index < -0.39 is 0 Å². The average molecular weight is 482 g/mol. The fraction of sp³-hybridized carbons (Fsp3) is 0.655. The van der Waals surface area contributed by atoms with E-state index in [4.69, 9.17) is 5.73 Å². The second kappa shape index (κ2) is 9.73. The monoisotopic (exact) mass is 481 g/mol. The quantitative estimate of drug-likeness (QED) is 0.459. The van der Waals surface area contributed by atoms with Gasteiger partial charge in [0, 0.05) is 11.9 Å². The van der Waals surface area contributed by atoms with Gasteiger partial charge in [0.25, 0.3) is 5.91 Å². The van der Waals surface area contributed by atoms with Crippen LogP contribution in [0, 0.1) is 17.3 Å². The number of thiazole rings is 1. The van der Waals surface area contributed by atoms with Crippen molar-refractivity contribution >= 4 is 17.2 Å². The minimum Gasteiger partial charge on any atom is -0.350 e. The highest BCUT2D eigenvalue weighted by Crippen LogP contribution is 2.57. The maximum absolute atomic E-state index is 13.0. The Bertz CT molecular complexity index is 1030. The highest BCUT2D eigenvalue weighted by atomic mass is 32.1. The summed E-state index contributed by atoms with van der Waals surface area (Å²) in [5.74, 6) is 1.57. The van der Waals surface area contributed by atoms with Gasteiger partial charge in [0.05, 0.1) is 6.04 Å². The van der Waals surface area contributed by atoms with Crippen molar-refractivity contribution in [3.05, 3.63) is 51.0 Å². The number of rotatable bonds is 7. The number of aromatic nitrogens is 1. The molecule has 34 heavy (non-hydrogen) atoms. The molecule has 4 unspecified atom stereocenters. The van der Waals surface area contributed by atoms with Crippen molar-refractivity contribution in [3.63, 3.8) is 0 Å². The Kier molecular flexibility index (Phi) is 7.26. The lowest BCUT2D eigenvalue weighted by Gasteiger charge is -2.55. The van der Waals surface area contributed by atoms with Gasteiger partial charge in [-0.1, -0.05) is 66.2 Å². The molecule has 4 rings (SSSR count). The molecule has 2 aliphatic carbocycles. The minimum atomic E-state index is -0.0957. The Morgan fingerprint density at radius 1 is 1.24 bits per heavy atom. The average Bonchev–Trinajstić information content (AvgIpc) is 3.27. The SMILES string of the molecule is CC(C)CC(N)c1nc(C(=O)NCC2(C)CCCC3(C)c4ccc(C(C)C)cc4CCC23)cs1. The molecule has 4 atom stereocenters. The van der Waals surface area contributed by atoms with Crippen LogP contribution in [-0.4, -0.2) is 17.4 Å². The van der Waals surface area contributed by atoms with E-state index >= 15 is 0 Å². The summed E-state index contributed by atoms with van der Waals surface area (Å²) in [7, 11) is 0. The van der Waals surface area contributed by atoms with Crippen molar-refractivity contribution in [2.75, 3.05) is 6.54 Å². The molecule has 0 aliphatic heterocycles. The van der Waals surface area contributed by atoms with Gasteiger partial charge in [-0.25, -0.2) is 4.98 Å². The van der Waals surface area contributed by atoms with E-state index in [9.17, 15) is 4.79 Å². The number of hydrogen-bond donors (Lipinski definition) is 2. The van der Waals surface area contributed by atoms with Crippen molar-refractivity contribution in [1.82, 2.24) is 10.3 Å². The Labute approximate surface area is 210 Å². The summed E-state index contributed by atoms with van der Waals surface area (Å²) in [6.07, 6.45) is 6.82. The summed E-state index contributed by atoms with van der Waals surface area (Å²) in [5.41, 5.74) is 11.6. The van der Waals surface area contributed by atoms with E-state index in [1.54, 1.807) is 11.1 Å². The van der Waals surface area contributed by atoms with Crippen molar-refractivity contribution in [1.29, 1.82) is 0 Å². The largest absolute Gasteiger partial charge is 0.350 e. The highest BCUT2D eigenvalue weighted by Gasteiger charge is 2.51. The third-order valence-corrected chi connectivity index (χ3v) is 9.59. The molecule has 1 saturated carbocycles.